The highest BCUT2D eigenvalue weighted by Crippen LogP contribution is 2.30. The molecule has 2 aromatic rings. The molecule has 1 heterocycles. The van der Waals surface area contributed by atoms with Crippen molar-refractivity contribution in [3.63, 3.8) is 0 Å². The Morgan fingerprint density at radius 1 is 1.11 bits per heavy atom. The maximum absolute atomic E-state index is 13.2. The number of benzene rings is 2. The Balaban J connectivity index is 0.00000261. The highest BCUT2D eigenvalue weighted by atomic mass is 35.5. The third kappa shape index (κ3) is 4.54. The first-order chi connectivity index (χ1) is 12.7. The number of methoxy groups -OCH3 is 2. The molecule has 1 aliphatic rings. The third-order valence-corrected chi connectivity index (χ3v) is 4.91. The summed E-state index contributed by atoms with van der Waals surface area (Å²) in [7, 11) is 3.17. The van der Waals surface area contributed by atoms with Gasteiger partial charge in [-0.25, -0.2) is 0 Å². The largest absolute Gasteiger partial charge is 0.493 e. The minimum absolute atomic E-state index is 0. The van der Waals surface area contributed by atoms with Crippen LogP contribution in [0.25, 0.3) is 0 Å². The molecule has 1 atom stereocenters. The number of carbonyl (C=O) groups excluding carboxylic acids is 1. The lowest BCUT2D eigenvalue weighted by Crippen LogP contribution is -2.48. The molecule has 0 saturated carbocycles. The first-order valence-corrected chi connectivity index (χ1v) is 9.00. The molecule has 0 bridgehead atoms. The Bertz CT molecular complexity index is 765. The number of amides is 1. The Kier molecular flexibility index (Phi) is 7.51. The Hall–Kier alpha value is -2.24. The molecule has 1 aliphatic heterocycles. The second-order valence-electron chi connectivity index (χ2n) is 6.38. The summed E-state index contributed by atoms with van der Waals surface area (Å²) in [5, 5.41) is 3.40. The SMILES string of the molecule is CCc1ccc(C2CNCCN2C(=O)c2ccc(OC)c(OC)c2)cc1.Cl. The zero-order valence-electron chi connectivity index (χ0n) is 16.0. The summed E-state index contributed by atoms with van der Waals surface area (Å²) in [6.45, 7) is 4.37. The number of nitrogens with zero attached hydrogens (tertiary/aromatic N) is 1. The van der Waals surface area contributed by atoms with Gasteiger partial charge in [0.25, 0.3) is 5.91 Å². The molecule has 0 spiro atoms. The van der Waals surface area contributed by atoms with E-state index in [0.29, 0.717) is 23.6 Å². The summed E-state index contributed by atoms with van der Waals surface area (Å²) in [5.41, 5.74) is 3.07. The van der Waals surface area contributed by atoms with Crippen LogP contribution in [0, 0.1) is 0 Å². The lowest BCUT2D eigenvalue weighted by molar-refractivity contribution is 0.0634. The molecule has 1 amide bonds. The smallest absolute Gasteiger partial charge is 0.254 e. The van der Waals surface area contributed by atoms with Crippen molar-refractivity contribution in [2.24, 2.45) is 0 Å². The van der Waals surface area contributed by atoms with Crippen LogP contribution in [0.4, 0.5) is 0 Å². The Morgan fingerprint density at radius 2 is 1.81 bits per heavy atom. The van der Waals surface area contributed by atoms with Gasteiger partial charge in [0.05, 0.1) is 20.3 Å². The van der Waals surface area contributed by atoms with Crippen molar-refractivity contribution in [3.8, 4) is 11.5 Å². The molecule has 0 radical (unpaired) electrons. The number of hydrogen-bond acceptors (Lipinski definition) is 4. The fourth-order valence-electron chi connectivity index (χ4n) is 3.36. The summed E-state index contributed by atoms with van der Waals surface area (Å²) in [6.07, 6.45) is 1.01. The van der Waals surface area contributed by atoms with Crippen molar-refractivity contribution >= 4 is 18.3 Å². The third-order valence-electron chi connectivity index (χ3n) is 4.91. The van der Waals surface area contributed by atoms with Gasteiger partial charge in [-0.3, -0.25) is 4.79 Å². The van der Waals surface area contributed by atoms with Crippen LogP contribution >= 0.6 is 12.4 Å². The van der Waals surface area contributed by atoms with Crippen LogP contribution in [0.5, 0.6) is 11.5 Å². The summed E-state index contributed by atoms with van der Waals surface area (Å²) in [4.78, 5) is 15.1. The van der Waals surface area contributed by atoms with Gasteiger partial charge >= 0.3 is 0 Å². The predicted octanol–water partition coefficient (Wildman–Crippen LogP) is 3.47. The van der Waals surface area contributed by atoms with E-state index in [2.05, 4.69) is 36.5 Å². The molecule has 1 unspecified atom stereocenters. The maximum atomic E-state index is 13.2. The van der Waals surface area contributed by atoms with Gasteiger partial charge in [-0.2, -0.15) is 0 Å². The van der Waals surface area contributed by atoms with Crippen molar-refractivity contribution in [3.05, 3.63) is 59.2 Å². The van der Waals surface area contributed by atoms with Gasteiger partial charge in [-0.1, -0.05) is 31.2 Å². The van der Waals surface area contributed by atoms with Gasteiger partial charge in [0.2, 0.25) is 0 Å². The van der Waals surface area contributed by atoms with E-state index in [0.717, 1.165) is 25.1 Å². The molecule has 1 fully saturated rings. The molecule has 1 N–H and O–H groups in total. The van der Waals surface area contributed by atoms with E-state index in [1.165, 1.54) is 5.56 Å². The fraction of sp³-hybridized carbons (Fsp3) is 0.381. The van der Waals surface area contributed by atoms with Crippen molar-refractivity contribution in [1.29, 1.82) is 0 Å². The van der Waals surface area contributed by atoms with Crippen molar-refractivity contribution in [2.75, 3.05) is 33.9 Å². The summed E-state index contributed by atoms with van der Waals surface area (Å²) in [5.74, 6) is 1.20. The number of halogens is 1. The number of rotatable bonds is 5. The molecule has 2 aromatic carbocycles. The van der Waals surface area contributed by atoms with E-state index in [1.807, 2.05) is 4.90 Å². The van der Waals surface area contributed by atoms with Crippen LogP contribution in [-0.4, -0.2) is 44.7 Å². The lowest BCUT2D eigenvalue weighted by Gasteiger charge is -2.36. The maximum Gasteiger partial charge on any atom is 0.254 e. The predicted molar refractivity (Wildman–Crippen MR) is 109 cm³/mol. The van der Waals surface area contributed by atoms with E-state index in [-0.39, 0.29) is 24.4 Å². The van der Waals surface area contributed by atoms with Crippen molar-refractivity contribution in [1.82, 2.24) is 10.2 Å². The van der Waals surface area contributed by atoms with Gasteiger partial charge < -0.3 is 19.7 Å². The highest BCUT2D eigenvalue weighted by molar-refractivity contribution is 5.95. The van der Waals surface area contributed by atoms with Gasteiger partial charge in [-0.05, 0) is 35.7 Å². The zero-order chi connectivity index (χ0) is 18.5. The standard InChI is InChI=1S/C21H26N2O3.ClH/c1-4-15-5-7-16(8-6-15)18-14-22-11-12-23(18)21(24)17-9-10-19(25-2)20(13-17)26-3;/h5-10,13,18,22H,4,11-12,14H2,1-3H3;1H. The zero-order valence-corrected chi connectivity index (χ0v) is 16.8. The summed E-state index contributed by atoms with van der Waals surface area (Å²) < 4.78 is 10.6. The average molecular weight is 391 g/mol. The molecule has 0 aromatic heterocycles. The number of piperazine rings is 1. The second-order valence-corrected chi connectivity index (χ2v) is 6.38. The minimum atomic E-state index is 0. The highest BCUT2D eigenvalue weighted by Gasteiger charge is 2.29. The topological polar surface area (TPSA) is 50.8 Å². The molecule has 1 saturated heterocycles. The van der Waals surface area contributed by atoms with Crippen LogP contribution in [0.2, 0.25) is 0 Å². The first-order valence-electron chi connectivity index (χ1n) is 9.00. The molecule has 27 heavy (non-hydrogen) atoms. The second kappa shape index (κ2) is 9.62. The van der Waals surface area contributed by atoms with Gasteiger partial charge in [-0.15, -0.1) is 12.4 Å². The molecular formula is C21H27ClN2O3. The molecule has 3 rings (SSSR count). The fourth-order valence-corrected chi connectivity index (χ4v) is 3.36. The quantitative estimate of drug-likeness (QED) is 0.849. The average Bonchev–Trinajstić information content (AvgIpc) is 2.72. The van der Waals surface area contributed by atoms with Gasteiger partial charge in [0.1, 0.15) is 0 Å². The van der Waals surface area contributed by atoms with Crippen molar-refractivity contribution < 1.29 is 14.3 Å². The monoisotopic (exact) mass is 390 g/mol. The minimum Gasteiger partial charge on any atom is -0.493 e. The van der Waals surface area contributed by atoms with Gasteiger partial charge in [0.15, 0.2) is 11.5 Å². The Morgan fingerprint density at radius 3 is 2.44 bits per heavy atom. The van der Waals surface area contributed by atoms with Crippen LogP contribution in [0.1, 0.15) is 34.5 Å². The van der Waals surface area contributed by atoms with E-state index < -0.39 is 0 Å². The van der Waals surface area contributed by atoms with Crippen LogP contribution in [0.3, 0.4) is 0 Å². The number of nitrogens with one attached hydrogen (secondary N) is 1. The van der Waals surface area contributed by atoms with Crippen LogP contribution in [-0.2, 0) is 6.42 Å². The Labute approximate surface area is 167 Å². The summed E-state index contributed by atoms with van der Waals surface area (Å²) >= 11 is 0. The van der Waals surface area contributed by atoms with E-state index in [1.54, 1.807) is 32.4 Å². The number of hydrogen-bond donors (Lipinski definition) is 1. The first kappa shape index (κ1) is 21.1. The lowest BCUT2D eigenvalue weighted by atomic mass is 10.00. The summed E-state index contributed by atoms with van der Waals surface area (Å²) in [6, 6.07) is 13.9. The number of aryl methyl sites for hydroxylation is 1. The molecule has 146 valence electrons. The van der Waals surface area contributed by atoms with Gasteiger partial charge in [0, 0.05) is 25.2 Å². The van der Waals surface area contributed by atoms with Crippen LogP contribution < -0.4 is 14.8 Å². The van der Waals surface area contributed by atoms with Crippen LogP contribution in [0.15, 0.2) is 42.5 Å². The molecule has 5 nitrogen and oxygen atoms in total. The normalized spacial score (nSPS) is 16.4. The van der Waals surface area contributed by atoms with E-state index in [9.17, 15) is 4.79 Å². The number of ether oxygens (including phenoxy) is 2. The van der Waals surface area contributed by atoms with Crippen molar-refractivity contribution in [2.45, 2.75) is 19.4 Å². The molecular weight excluding hydrogens is 364 g/mol. The number of carbonyl (C=O) groups is 1. The molecule has 6 heteroatoms. The molecule has 0 aliphatic carbocycles. The van der Waals surface area contributed by atoms with E-state index >= 15 is 0 Å². The van der Waals surface area contributed by atoms with E-state index in [4.69, 9.17) is 9.47 Å².